The maximum atomic E-state index is 5.81. The van der Waals surface area contributed by atoms with Gasteiger partial charge in [0.15, 0.2) is 0 Å². The van der Waals surface area contributed by atoms with Crippen LogP contribution in [0.3, 0.4) is 0 Å². The zero-order chi connectivity index (χ0) is 10.4. The lowest BCUT2D eigenvalue weighted by atomic mass is 9.99. The average molecular weight is 206 g/mol. The first-order valence-electron chi connectivity index (χ1n) is 5.09. The smallest absolute Gasteiger partial charge is 0.230 e. The fourth-order valence-electron chi connectivity index (χ4n) is 1.39. The molecule has 1 aromatic carbocycles. The van der Waals surface area contributed by atoms with E-state index in [4.69, 9.17) is 4.43 Å². The summed E-state index contributed by atoms with van der Waals surface area (Å²) < 4.78 is 5.81. The lowest BCUT2D eigenvalue weighted by Gasteiger charge is -2.25. The molecular weight excluding hydrogens is 188 g/mol. The fourth-order valence-corrected chi connectivity index (χ4v) is 2.00. The van der Waals surface area contributed by atoms with Crippen molar-refractivity contribution in [3.05, 3.63) is 35.9 Å². The largest absolute Gasteiger partial charge is 0.412 e. The molecule has 0 aliphatic rings. The average Bonchev–Trinajstić information content (AvgIpc) is 2.16. The van der Waals surface area contributed by atoms with Gasteiger partial charge in [-0.15, -0.1) is 0 Å². The summed E-state index contributed by atoms with van der Waals surface area (Å²) in [4.78, 5) is 0. The Morgan fingerprint density at radius 3 is 2.43 bits per heavy atom. The van der Waals surface area contributed by atoms with Crippen molar-refractivity contribution in [2.24, 2.45) is 0 Å². The van der Waals surface area contributed by atoms with Crippen molar-refractivity contribution < 1.29 is 4.43 Å². The third-order valence-corrected chi connectivity index (χ3v) is 2.95. The lowest BCUT2D eigenvalue weighted by molar-refractivity contribution is 0.116. The van der Waals surface area contributed by atoms with Crippen LogP contribution in [0.5, 0.6) is 0 Å². The summed E-state index contributed by atoms with van der Waals surface area (Å²) in [6.07, 6.45) is 0.987. The Morgan fingerprint density at radius 1 is 1.21 bits per heavy atom. The van der Waals surface area contributed by atoms with E-state index in [-0.39, 0.29) is 5.60 Å². The molecule has 0 heterocycles. The first kappa shape index (κ1) is 11.5. The van der Waals surface area contributed by atoms with Crippen LogP contribution in [-0.4, -0.2) is 15.4 Å². The Labute approximate surface area is 89.4 Å². The first-order valence-corrected chi connectivity index (χ1v) is 6.20. The molecule has 0 saturated carbocycles. The molecule has 0 bridgehead atoms. The van der Waals surface area contributed by atoms with Crippen LogP contribution in [0.25, 0.3) is 0 Å². The third kappa shape index (κ3) is 4.07. The van der Waals surface area contributed by atoms with Crippen molar-refractivity contribution in [1.29, 1.82) is 0 Å². The summed E-state index contributed by atoms with van der Waals surface area (Å²) in [5, 5.41) is 0. The molecular formula is C12H18OSi. The van der Waals surface area contributed by atoms with Crippen molar-refractivity contribution >= 4 is 9.76 Å². The molecule has 76 valence electrons. The quantitative estimate of drug-likeness (QED) is 0.673. The molecule has 14 heavy (non-hydrogen) atoms. The Kier molecular flexibility index (Phi) is 4.36. The van der Waals surface area contributed by atoms with Gasteiger partial charge in [-0.05, 0) is 31.9 Å². The maximum Gasteiger partial charge on any atom is 0.230 e. The minimum atomic E-state index is -0.0319. The van der Waals surface area contributed by atoms with Gasteiger partial charge in [-0.1, -0.05) is 37.3 Å². The van der Waals surface area contributed by atoms with E-state index >= 15 is 0 Å². The molecule has 2 radical (unpaired) electrons. The SMILES string of the molecule is CC[Si]OC(C)(C)Cc1ccccc1. The van der Waals surface area contributed by atoms with E-state index in [1.807, 2.05) is 6.07 Å². The molecule has 0 saturated heterocycles. The van der Waals surface area contributed by atoms with Crippen molar-refractivity contribution in [2.75, 3.05) is 0 Å². The van der Waals surface area contributed by atoms with Gasteiger partial charge in [0.05, 0.1) is 5.60 Å². The Hall–Kier alpha value is -0.603. The normalized spacial score (nSPS) is 11.6. The second-order valence-corrected chi connectivity index (χ2v) is 5.22. The Bertz CT molecular complexity index is 256. The van der Waals surface area contributed by atoms with Crippen molar-refractivity contribution in [2.45, 2.75) is 38.8 Å². The third-order valence-electron chi connectivity index (χ3n) is 1.97. The fraction of sp³-hybridized carbons (Fsp3) is 0.500. The lowest BCUT2D eigenvalue weighted by Crippen LogP contribution is -2.28. The predicted molar refractivity (Wildman–Crippen MR) is 61.5 cm³/mol. The second kappa shape index (κ2) is 5.32. The van der Waals surface area contributed by atoms with Gasteiger partial charge in [0.1, 0.15) is 0 Å². The van der Waals surface area contributed by atoms with Crippen LogP contribution in [0, 0.1) is 0 Å². The van der Waals surface area contributed by atoms with Crippen LogP contribution in [0.4, 0.5) is 0 Å². The highest BCUT2D eigenvalue weighted by Crippen LogP contribution is 2.16. The van der Waals surface area contributed by atoms with Gasteiger partial charge in [0, 0.05) is 0 Å². The zero-order valence-electron chi connectivity index (χ0n) is 9.21. The molecule has 0 atom stereocenters. The summed E-state index contributed by atoms with van der Waals surface area (Å²) in [6.45, 7) is 6.46. The van der Waals surface area contributed by atoms with E-state index in [0.29, 0.717) is 9.76 Å². The zero-order valence-corrected chi connectivity index (χ0v) is 10.2. The number of hydrogen-bond donors (Lipinski definition) is 0. The van der Waals surface area contributed by atoms with Crippen LogP contribution in [0.2, 0.25) is 6.04 Å². The highest BCUT2D eigenvalue weighted by molar-refractivity contribution is 6.27. The Morgan fingerprint density at radius 2 is 1.86 bits per heavy atom. The summed E-state index contributed by atoms with van der Waals surface area (Å²) in [7, 11) is 0.618. The number of benzene rings is 1. The van der Waals surface area contributed by atoms with E-state index in [1.165, 1.54) is 5.56 Å². The standard InChI is InChI=1S/C12H18OSi/c1-4-14-13-12(2,3)10-11-8-6-5-7-9-11/h5-9H,4,10H2,1-3H3. The van der Waals surface area contributed by atoms with E-state index in [1.54, 1.807) is 0 Å². The van der Waals surface area contributed by atoms with E-state index in [2.05, 4.69) is 45.0 Å². The minimum Gasteiger partial charge on any atom is -0.412 e. The molecule has 0 aromatic heterocycles. The second-order valence-electron chi connectivity index (χ2n) is 4.02. The molecule has 0 amide bonds. The summed E-state index contributed by atoms with van der Waals surface area (Å²) in [5.41, 5.74) is 1.31. The van der Waals surface area contributed by atoms with Gasteiger partial charge in [0.2, 0.25) is 9.76 Å². The van der Waals surface area contributed by atoms with Crippen LogP contribution < -0.4 is 0 Å². The minimum absolute atomic E-state index is 0.0319. The van der Waals surface area contributed by atoms with Crippen LogP contribution >= 0.6 is 0 Å². The van der Waals surface area contributed by atoms with Gasteiger partial charge in [-0.3, -0.25) is 0 Å². The van der Waals surface area contributed by atoms with Crippen molar-refractivity contribution in [3.63, 3.8) is 0 Å². The topological polar surface area (TPSA) is 9.23 Å². The summed E-state index contributed by atoms with van der Waals surface area (Å²) in [6, 6.07) is 11.6. The molecule has 1 aromatic rings. The van der Waals surface area contributed by atoms with E-state index in [0.717, 1.165) is 12.5 Å². The summed E-state index contributed by atoms with van der Waals surface area (Å²) >= 11 is 0. The Balaban J connectivity index is 2.50. The number of rotatable bonds is 5. The van der Waals surface area contributed by atoms with Crippen LogP contribution in [-0.2, 0) is 10.8 Å². The summed E-state index contributed by atoms with van der Waals surface area (Å²) in [5.74, 6) is 0. The first-order chi connectivity index (χ1) is 6.64. The highest BCUT2D eigenvalue weighted by Gasteiger charge is 2.18. The van der Waals surface area contributed by atoms with Gasteiger partial charge in [-0.2, -0.15) is 0 Å². The van der Waals surface area contributed by atoms with Gasteiger partial charge in [0.25, 0.3) is 0 Å². The maximum absolute atomic E-state index is 5.81. The molecule has 0 unspecified atom stereocenters. The van der Waals surface area contributed by atoms with Crippen LogP contribution in [0.15, 0.2) is 30.3 Å². The monoisotopic (exact) mass is 206 g/mol. The highest BCUT2D eigenvalue weighted by atomic mass is 28.2. The van der Waals surface area contributed by atoms with E-state index in [9.17, 15) is 0 Å². The van der Waals surface area contributed by atoms with Gasteiger partial charge < -0.3 is 4.43 Å². The van der Waals surface area contributed by atoms with E-state index < -0.39 is 0 Å². The molecule has 0 N–H and O–H groups in total. The molecule has 0 aliphatic carbocycles. The molecule has 0 fully saturated rings. The van der Waals surface area contributed by atoms with Crippen LogP contribution in [0.1, 0.15) is 26.3 Å². The van der Waals surface area contributed by atoms with Crippen molar-refractivity contribution in [1.82, 2.24) is 0 Å². The predicted octanol–water partition coefficient (Wildman–Crippen LogP) is 3.08. The molecule has 0 spiro atoms. The molecule has 1 rings (SSSR count). The van der Waals surface area contributed by atoms with Crippen molar-refractivity contribution in [3.8, 4) is 0 Å². The molecule has 2 heteroatoms. The van der Waals surface area contributed by atoms with Gasteiger partial charge >= 0.3 is 0 Å². The molecule has 1 nitrogen and oxygen atoms in total. The van der Waals surface area contributed by atoms with Gasteiger partial charge in [-0.25, -0.2) is 0 Å². The molecule has 0 aliphatic heterocycles. The number of hydrogen-bond acceptors (Lipinski definition) is 1.